The van der Waals surface area contributed by atoms with Crippen LogP contribution in [-0.2, 0) is 19.2 Å². The number of aromatic nitrogens is 5. The van der Waals surface area contributed by atoms with Gasteiger partial charge in [0, 0.05) is 24.1 Å². The summed E-state index contributed by atoms with van der Waals surface area (Å²) in [4.78, 5) is 4.43. The van der Waals surface area contributed by atoms with Gasteiger partial charge in [0.05, 0.1) is 5.75 Å². The van der Waals surface area contributed by atoms with Gasteiger partial charge in [0.15, 0.2) is 5.16 Å². The third kappa shape index (κ3) is 4.20. The molecule has 0 radical (unpaired) electrons. The second-order valence-corrected chi connectivity index (χ2v) is 7.31. The van der Waals surface area contributed by atoms with Crippen molar-refractivity contribution in [2.45, 2.75) is 17.3 Å². The quantitative estimate of drug-likeness (QED) is 0.449. The molecule has 0 saturated carbocycles. The van der Waals surface area contributed by atoms with Crippen LogP contribution in [0.1, 0.15) is 17.3 Å². The minimum Gasteiger partial charge on any atom is -0.338 e. The first-order valence-corrected chi connectivity index (χ1v) is 9.69. The Morgan fingerprint density at radius 1 is 1.04 bits per heavy atom. The van der Waals surface area contributed by atoms with Crippen LogP contribution in [0.3, 0.4) is 0 Å². The summed E-state index contributed by atoms with van der Waals surface area (Å²) in [5.74, 6) is 2.52. The molecule has 6 nitrogen and oxygen atoms in total. The first-order valence-electron chi connectivity index (χ1n) is 8.32. The molecule has 2 heterocycles. The van der Waals surface area contributed by atoms with Gasteiger partial charge in [-0.05, 0) is 29.8 Å². The third-order valence-electron chi connectivity index (χ3n) is 4.03. The third-order valence-corrected chi connectivity index (χ3v) is 5.28. The molecule has 0 N–H and O–H groups in total. The lowest BCUT2D eigenvalue weighted by atomic mass is 10.1. The van der Waals surface area contributed by atoms with Crippen molar-refractivity contribution in [1.82, 2.24) is 24.9 Å². The number of rotatable bonds is 6. The van der Waals surface area contributed by atoms with Crippen LogP contribution in [0.4, 0.5) is 0 Å². The summed E-state index contributed by atoms with van der Waals surface area (Å²) in [6.45, 7) is 0. The molecule has 0 amide bonds. The van der Waals surface area contributed by atoms with E-state index in [0.29, 0.717) is 22.5 Å². The van der Waals surface area contributed by atoms with E-state index in [9.17, 15) is 0 Å². The van der Waals surface area contributed by atoms with Gasteiger partial charge in [0.25, 0.3) is 0 Å². The molecule has 27 heavy (non-hydrogen) atoms. The molecule has 136 valence electrons. The number of hydrogen-bond donors (Lipinski definition) is 0. The van der Waals surface area contributed by atoms with Gasteiger partial charge in [0.2, 0.25) is 11.7 Å². The number of hydrogen-bond acceptors (Lipinski definition) is 6. The largest absolute Gasteiger partial charge is 0.338 e. The van der Waals surface area contributed by atoms with E-state index in [4.69, 9.17) is 16.1 Å². The van der Waals surface area contributed by atoms with Crippen molar-refractivity contribution in [3.05, 3.63) is 76.9 Å². The molecule has 0 fully saturated rings. The summed E-state index contributed by atoms with van der Waals surface area (Å²) in [6, 6.07) is 17.5. The van der Waals surface area contributed by atoms with Crippen molar-refractivity contribution in [3.63, 3.8) is 0 Å². The van der Waals surface area contributed by atoms with Crippen LogP contribution in [0.15, 0.2) is 64.3 Å². The Kier molecular flexibility index (Phi) is 5.22. The van der Waals surface area contributed by atoms with Gasteiger partial charge in [-0.3, -0.25) is 0 Å². The van der Waals surface area contributed by atoms with Crippen LogP contribution in [0.2, 0.25) is 5.02 Å². The zero-order chi connectivity index (χ0) is 18.6. The summed E-state index contributed by atoms with van der Waals surface area (Å²) in [6.07, 6.45) is 0.742. The fourth-order valence-electron chi connectivity index (χ4n) is 2.56. The maximum atomic E-state index is 5.91. The van der Waals surface area contributed by atoms with E-state index in [-0.39, 0.29) is 0 Å². The van der Waals surface area contributed by atoms with Gasteiger partial charge >= 0.3 is 0 Å². The minimum atomic E-state index is 0.526. The standard InChI is InChI=1S/C19H16ClN5OS/c1-25-16(11-13-5-3-2-4-6-13)22-23-19(25)27-12-17-21-18(24-26-17)14-7-9-15(20)10-8-14/h2-10H,11-12H2,1H3. The van der Waals surface area contributed by atoms with Crippen molar-refractivity contribution in [2.24, 2.45) is 7.05 Å². The highest BCUT2D eigenvalue weighted by atomic mass is 35.5. The Morgan fingerprint density at radius 2 is 1.81 bits per heavy atom. The predicted octanol–water partition coefficient (Wildman–Crippen LogP) is 4.40. The summed E-state index contributed by atoms with van der Waals surface area (Å²) in [7, 11) is 1.97. The van der Waals surface area contributed by atoms with Gasteiger partial charge in [-0.2, -0.15) is 4.98 Å². The molecule has 4 aromatic rings. The molecule has 0 spiro atoms. The fraction of sp³-hybridized carbons (Fsp3) is 0.158. The number of thioether (sulfide) groups is 1. The zero-order valence-corrected chi connectivity index (χ0v) is 16.1. The van der Waals surface area contributed by atoms with Crippen molar-refractivity contribution in [1.29, 1.82) is 0 Å². The molecule has 0 atom stereocenters. The summed E-state index contributed by atoms with van der Waals surface area (Å²) >= 11 is 7.42. The van der Waals surface area contributed by atoms with E-state index in [1.165, 1.54) is 17.3 Å². The molecule has 8 heteroatoms. The SMILES string of the molecule is Cn1c(Cc2ccccc2)nnc1SCc1nc(-c2ccc(Cl)cc2)no1. The van der Waals surface area contributed by atoms with Crippen molar-refractivity contribution in [2.75, 3.05) is 0 Å². The van der Waals surface area contributed by atoms with Crippen molar-refractivity contribution in [3.8, 4) is 11.4 Å². The Morgan fingerprint density at radius 3 is 2.59 bits per heavy atom. The minimum absolute atomic E-state index is 0.526. The highest BCUT2D eigenvalue weighted by Gasteiger charge is 2.13. The average Bonchev–Trinajstić information content (AvgIpc) is 3.29. The molecule has 0 saturated heterocycles. The van der Waals surface area contributed by atoms with Crippen molar-refractivity contribution < 1.29 is 4.52 Å². The van der Waals surface area contributed by atoms with Gasteiger partial charge in [-0.25, -0.2) is 0 Å². The average molecular weight is 398 g/mol. The van der Waals surface area contributed by atoms with Gasteiger partial charge in [0.1, 0.15) is 5.82 Å². The lowest BCUT2D eigenvalue weighted by molar-refractivity contribution is 0.391. The highest BCUT2D eigenvalue weighted by Crippen LogP contribution is 2.23. The lowest BCUT2D eigenvalue weighted by Crippen LogP contribution is -2.00. The summed E-state index contributed by atoms with van der Waals surface area (Å²) < 4.78 is 7.34. The molecule has 0 bridgehead atoms. The Bertz CT molecular complexity index is 1030. The van der Waals surface area contributed by atoms with Crippen LogP contribution in [0.5, 0.6) is 0 Å². The maximum Gasteiger partial charge on any atom is 0.237 e. The molecule has 0 aliphatic heterocycles. The van der Waals surface area contributed by atoms with Gasteiger partial charge < -0.3 is 9.09 Å². The number of nitrogens with zero attached hydrogens (tertiary/aromatic N) is 5. The fourth-order valence-corrected chi connectivity index (χ4v) is 3.45. The predicted molar refractivity (Wildman–Crippen MR) is 105 cm³/mol. The normalized spacial score (nSPS) is 11.0. The van der Waals surface area contributed by atoms with E-state index in [2.05, 4.69) is 32.5 Å². The summed E-state index contributed by atoms with van der Waals surface area (Å²) in [5, 5.41) is 14.1. The van der Waals surface area contributed by atoms with E-state index >= 15 is 0 Å². The van der Waals surface area contributed by atoms with E-state index in [1.54, 1.807) is 12.1 Å². The monoisotopic (exact) mass is 397 g/mol. The second kappa shape index (κ2) is 7.94. The number of benzene rings is 2. The zero-order valence-electron chi connectivity index (χ0n) is 14.5. The highest BCUT2D eigenvalue weighted by molar-refractivity contribution is 7.98. The molecule has 2 aromatic heterocycles. The Balaban J connectivity index is 1.41. The lowest BCUT2D eigenvalue weighted by Gasteiger charge is -2.03. The smallest absolute Gasteiger partial charge is 0.237 e. The van der Waals surface area contributed by atoms with Crippen LogP contribution in [0, 0.1) is 0 Å². The van der Waals surface area contributed by atoms with Crippen LogP contribution < -0.4 is 0 Å². The molecule has 2 aromatic carbocycles. The molecule has 0 aliphatic rings. The molecular weight excluding hydrogens is 382 g/mol. The van der Waals surface area contributed by atoms with E-state index in [1.807, 2.05) is 41.9 Å². The van der Waals surface area contributed by atoms with Crippen LogP contribution in [-0.4, -0.2) is 24.9 Å². The Labute approximate surface area is 165 Å². The maximum absolute atomic E-state index is 5.91. The van der Waals surface area contributed by atoms with Gasteiger partial charge in [-0.15, -0.1) is 10.2 Å². The second-order valence-electron chi connectivity index (χ2n) is 5.93. The van der Waals surface area contributed by atoms with Crippen molar-refractivity contribution >= 4 is 23.4 Å². The Hall–Kier alpha value is -2.64. The number of halogens is 1. The van der Waals surface area contributed by atoms with Crippen LogP contribution >= 0.6 is 23.4 Å². The van der Waals surface area contributed by atoms with Crippen LogP contribution in [0.25, 0.3) is 11.4 Å². The first kappa shape index (κ1) is 17.8. The molecule has 0 aliphatic carbocycles. The molecule has 4 rings (SSSR count). The molecule has 0 unspecified atom stereocenters. The van der Waals surface area contributed by atoms with E-state index in [0.717, 1.165) is 23.0 Å². The topological polar surface area (TPSA) is 69.6 Å². The van der Waals surface area contributed by atoms with E-state index < -0.39 is 0 Å². The molecular formula is C19H16ClN5OS. The summed E-state index contributed by atoms with van der Waals surface area (Å²) in [5.41, 5.74) is 2.07. The first-order chi connectivity index (χ1) is 13.2. The van der Waals surface area contributed by atoms with Gasteiger partial charge in [-0.1, -0.05) is 58.9 Å².